The van der Waals surface area contributed by atoms with Crippen LogP contribution in [0.2, 0.25) is 5.02 Å². The number of esters is 1. The molecule has 1 aliphatic heterocycles. The van der Waals surface area contributed by atoms with Crippen molar-refractivity contribution in [1.29, 1.82) is 0 Å². The summed E-state index contributed by atoms with van der Waals surface area (Å²) in [6.45, 7) is 6.14. The van der Waals surface area contributed by atoms with Gasteiger partial charge in [0.1, 0.15) is 11.4 Å². The van der Waals surface area contributed by atoms with E-state index >= 15 is 0 Å². The highest BCUT2D eigenvalue weighted by Crippen LogP contribution is 2.30. The van der Waals surface area contributed by atoms with Crippen molar-refractivity contribution in [2.75, 3.05) is 20.2 Å². The topological polar surface area (TPSA) is 52.1 Å². The van der Waals surface area contributed by atoms with Gasteiger partial charge >= 0.3 is 5.97 Å². The zero-order valence-electron chi connectivity index (χ0n) is 12.8. The third-order valence-corrected chi connectivity index (χ3v) is 4.50. The molecule has 1 saturated heterocycles. The van der Waals surface area contributed by atoms with E-state index in [4.69, 9.17) is 21.1 Å². The van der Waals surface area contributed by atoms with E-state index in [1.807, 2.05) is 13.8 Å². The normalized spacial score (nSPS) is 16.6. The highest BCUT2D eigenvalue weighted by molar-refractivity contribution is 6.33. The predicted octanol–water partition coefficient (Wildman–Crippen LogP) is 2.26. The van der Waals surface area contributed by atoms with Crippen LogP contribution in [0.3, 0.4) is 0 Å². The van der Waals surface area contributed by atoms with Crippen molar-refractivity contribution >= 4 is 17.6 Å². The number of methoxy groups -OCH3 is 1. The number of quaternary nitrogens is 1. The van der Waals surface area contributed by atoms with Gasteiger partial charge in [0.05, 0.1) is 30.8 Å². The average molecular weight is 313 g/mol. The first-order chi connectivity index (χ1) is 9.94. The lowest BCUT2D eigenvalue weighted by Crippen LogP contribution is -2.86. The molecule has 0 aliphatic carbocycles. The number of ether oxygens (including phenoxy) is 2. The number of hydrogen-bond donors (Lipinski definition) is 1. The van der Waals surface area contributed by atoms with Crippen molar-refractivity contribution in [3.05, 3.63) is 28.8 Å². The van der Waals surface area contributed by atoms with Crippen LogP contribution in [0.15, 0.2) is 18.2 Å². The molecule has 0 atom stereocenters. The van der Waals surface area contributed by atoms with Gasteiger partial charge in [-0.25, -0.2) is 4.79 Å². The van der Waals surface area contributed by atoms with E-state index < -0.39 is 11.6 Å². The molecule has 1 aromatic rings. The van der Waals surface area contributed by atoms with E-state index in [2.05, 4.69) is 5.32 Å². The van der Waals surface area contributed by atoms with E-state index in [-0.39, 0.29) is 0 Å². The van der Waals surface area contributed by atoms with Gasteiger partial charge in [0, 0.05) is 18.8 Å². The summed E-state index contributed by atoms with van der Waals surface area (Å²) >= 11 is 6.10. The van der Waals surface area contributed by atoms with Crippen molar-refractivity contribution in [2.24, 2.45) is 5.92 Å². The van der Waals surface area contributed by atoms with Gasteiger partial charge in [-0.15, -0.1) is 0 Å². The number of nitrogens with two attached hydrogens (primary N) is 1. The fourth-order valence-electron chi connectivity index (χ4n) is 2.79. The fourth-order valence-corrected chi connectivity index (χ4v) is 2.98. The Morgan fingerprint density at radius 3 is 2.62 bits per heavy atom. The molecule has 1 heterocycles. The molecule has 116 valence electrons. The largest absolute Gasteiger partial charge is 0.497 e. The molecule has 0 saturated carbocycles. The Morgan fingerprint density at radius 2 is 2.00 bits per heavy atom. The highest BCUT2D eigenvalue weighted by Gasteiger charge is 2.35. The van der Waals surface area contributed by atoms with Gasteiger partial charge < -0.3 is 14.8 Å². The molecule has 5 heteroatoms. The molecular formula is C16H23ClNO3+. The lowest BCUT2D eigenvalue weighted by molar-refractivity contribution is -0.665. The summed E-state index contributed by atoms with van der Waals surface area (Å²) in [6, 6.07) is 5.00. The maximum absolute atomic E-state index is 12.4. The van der Waals surface area contributed by atoms with Gasteiger partial charge in [-0.3, -0.25) is 0 Å². The second-order valence-electron chi connectivity index (χ2n) is 5.98. The number of piperidine rings is 1. The van der Waals surface area contributed by atoms with Crippen LogP contribution in [-0.2, 0) is 4.74 Å². The van der Waals surface area contributed by atoms with Crippen molar-refractivity contribution in [2.45, 2.75) is 32.3 Å². The maximum Gasteiger partial charge on any atom is 0.340 e. The summed E-state index contributed by atoms with van der Waals surface area (Å²) < 4.78 is 10.9. The fraction of sp³-hybridized carbons (Fsp3) is 0.562. The molecule has 1 aromatic carbocycles. The van der Waals surface area contributed by atoms with Crippen LogP contribution in [0.25, 0.3) is 0 Å². The molecular weight excluding hydrogens is 290 g/mol. The van der Waals surface area contributed by atoms with E-state index in [9.17, 15) is 4.79 Å². The third-order valence-electron chi connectivity index (χ3n) is 4.17. The summed E-state index contributed by atoms with van der Waals surface area (Å²) in [5, 5.41) is 2.68. The summed E-state index contributed by atoms with van der Waals surface area (Å²) in [5.74, 6) is 0.589. The minimum atomic E-state index is -0.488. The van der Waals surface area contributed by atoms with E-state index in [0.717, 1.165) is 25.9 Å². The van der Waals surface area contributed by atoms with Gasteiger partial charge in [0.2, 0.25) is 0 Å². The Kier molecular flexibility index (Phi) is 5.12. The number of hydrogen-bond acceptors (Lipinski definition) is 3. The number of carbonyl (C=O) groups excluding carboxylic acids is 1. The van der Waals surface area contributed by atoms with Gasteiger partial charge in [0.25, 0.3) is 0 Å². The van der Waals surface area contributed by atoms with Crippen LogP contribution in [0.1, 0.15) is 37.0 Å². The van der Waals surface area contributed by atoms with Gasteiger partial charge in [-0.05, 0) is 32.0 Å². The first-order valence-corrected chi connectivity index (χ1v) is 7.70. The van der Waals surface area contributed by atoms with E-state index in [1.165, 1.54) is 0 Å². The Balaban J connectivity index is 2.12. The zero-order valence-corrected chi connectivity index (χ0v) is 13.6. The monoisotopic (exact) mass is 312 g/mol. The molecule has 21 heavy (non-hydrogen) atoms. The van der Waals surface area contributed by atoms with Crippen molar-refractivity contribution in [3.8, 4) is 5.75 Å². The molecule has 0 unspecified atom stereocenters. The minimum Gasteiger partial charge on any atom is -0.497 e. The minimum absolute atomic E-state index is 0.353. The molecule has 0 aromatic heterocycles. The van der Waals surface area contributed by atoms with Crippen molar-refractivity contribution < 1.29 is 19.6 Å². The Bertz CT molecular complexity index is 510. The number of rotatable bonds is 4. The number of benzene rings is 1. The molecule has 0 spiro atoms. The molecule has 1 aliphatic rings. The first kappa shape index (κ1) is 16.1. The quantitative estimate of drug-likeness (QED) is 0.868. The molecule has 0 bridgehead atoms. The van der Waals surface area contributed by atoms with Crippen LogP contribution in [0, 0.1) is 5.92 Å². The Labute approximate surface area is 130 Å². The highest BCUT2D eigenvalue weighted by atomic mass is 35.5. The molecule has 1 fully saturated rings. The molecule has 2 N–H and O–H groups in total. The van der Waals surface area contributed by atoms with Crippen LogP contribution in [-0.4, -0.2) is 31.8 Å². The summed E-state index contributed by atoms with van der Waals surface area (Å²) in [4.78, 5) is 12.4. The summed E-state index contributed by atoms with van der Waals surface area (Å²) in [7, 11) is 1.56. The van der Waals surface area contributed by atoms with Crippen LogP contribution in [0.5, 0.6) is 5.75 Å². The second kappa shape index (κ2) is 6.67. The zero-order chi connectivity index (χ0) is 15.5. The molecule has 0 radical (unpaired) electrons. The van der Waals surface area contributed by atoms with Gasteiger partial charge in [0.15, 0.2) is 0 Å². The molecule has 0 amide bonds. The van der Waals surface area contributed by atoms with Crippen LogP contribution in [0.4, 0.5) is 0 Å². The smallest absolute Gasteiger partial charge is 0.340 e. The molecule has 2 rings (SSSR count). The van der Waals surface area contributed by atoms with Gasteiger partial charge in [-0.1, -0.05) is 11.6 Å². The summed E-state index contributed by atoms with van der Waals surface area (Å²) in [6.07, 6.45) is 2.12. The number of carbonyl (C=O) groups is 1. The van der Waals surface area contributed by atoms with Gasteiger partial charge in [-0.2, -0.15) is 0 Å². The Hall–Kier alpha value is -1.26. The van der Waals surface area contributed by atoms with Crippen LogP contribution < -0.4 is 10.1 Å². The maximum atomic E-state index is 12.4. The van der Waals surface area contributed by atoms with E-state index in [1.54, 1.807) is 25.3 Å². The third kappa shape index (κ3) is 3.89. The lowest BCUT2D eigenvalue weighted by atomic mass is 9.83. The van der Waals surface area contributed by atoms with Crippen LogP contribution >= 0.6 is 11.6 Å². The van der Waals surface area contributed by atoms with E-state index in [0.29, 0.717) is 22.3 Å². The summed E-state index contributed by atoms with van der Waals surface area (Å²) in [5.41, 5.74) is -0.135. The Morgan fingerprint density at radius 1 is 1.33 bits per heavy atom. The average Bonchev–Trinajstić information content (AvgIpc) is 2.48. The second-order valence-corrected chi connectivity index (χ2v) is 6.39. The standard InChI is InChI=1S/C16H22ClNO3/c1-16(2,11-6-8-18-9-7-11)21-15(19)13-10-12(20-3)4-5-14(13)17/h4-5,10-11,18H,6-9H2,1-3H3/p+1. The van der Waals surface area contributed by atoms with Crippen molar-refractivity contribution in [3.63, 3.8) is 0 Å². The SMILES string of the molecule is COc1ccc(Cl)c(C(=O)OC(C)(C)C2CC[NH2+]CC2)c1. The first-order valence-electron chi connectivity index (χ1n) is 7.32. The van der Waals surface area contributed by atoms with Crippen molar-refractivity contribution in [1.82, 2.24) is 0 Å². The molecule has 4 nitrogen and oxygen atoms in total. The number of halogens is 1. The predicted molar refractivity (Wildman–Crippen MR) is 81.9 cm³/mol. The lowest BCUT2D eigenvalue weighted by Gasteiger charge is -2.35.